The van der Waals surface area contributed by atoms with Gasteiger partial charge in [0.1, 0.15) is 23.5 Å². The van der Waals surface area contributed by atoms with Crippen molar-refractivity contribution < 1.29 is 4.21 Å². The first-order valence-electron chi connectivity index (χ1n) is 9.53. The lowest BCUT2D eigenvalue weighted by molar-refractivity contribution is 0.273. The van der Waals surface area contributed by atoms with Crippen LogP contribution in [0.1, 0.15) is 18.9 Å². The monoisotopic (exact) mass is 444 g/mol. The molecule has 1 atom stereocenters. The number of nitrogen functional groups attached to an aromatic ring is 1. The predicted octanol–water partition coefficient (Wildman–Crippen LogP) is 2.50. The molecule has 0 aliphatic carbocycles. The Balaban J connectivity index is 1.64. The highest BCUT2D eigenvalue weighted by Gasteiger charge is 2.28. The van der Waals surface area contributed by atoms with Gasteiger partial charge in [-0.05, 0) is 30.8 Å². The number of aromatic nitrogens is 6. The molecule has 9 nitrogen and oxygen atoms in total. The first-order valence-corrected chi connectivity index (χ1v) is 12.0. The molecule has 4 aromatic rings. The number of hydrogen-bond acceptors (Lipinski definition) is 6. The largest absolute Gasteiger partial charge is 0.383 e. The SMILES string of the molecule is C=S(C)(=O)N1CCC(n2nc(-c3[nH]c4ncccc4c3Cl)c3c(N)ncnc32)CC1. The molecule has 1 saturated heterocycles. The van der Waals surface area contributed by atoms with Gasteiger partial charge in [-0.15, -0.1) is 0 Å². The van der Waals surface area contributed by atoms with E-state index in [1.165, 1.54) is 6.33 Å². The molecule has 0 radical (unpaired) electrons. The molecule has 1 aliphatic heterocycles. The summed E-state index contributed by atoms with van der Waals surface area (Å²) in [6.07, 6.45) is 6.38. The minimum atomic E-state index is -2.21. The molecule has 156 valence electrons. The maximum Gasteiger partial charge on any atom is 0.164 e. The summed E-state index contributed by atoms with van der Waals surface area (Å²) in [5.41, 5.74) is 8.81. The minimum Gasteiger partial charge on any atom is -0.383 e. The van der Waals surface area contributed by atoms with Crippen LogP contribution in [0.15, 0.2) is 24.7 Å². The predicted molar refractivity (Wildman–Crippen MR) is 121 cm³/mol. The topological polar surface area (TPSA) is 119 Å². The molecule has 11 heteroatoms. The van der Waals surface area contributed by atoms with Gasteiger partial charge in [0.25, 0.3) is 0 Å². The lowest BCUT2D eigenvalue weighted by Crippen LogP contribution is -2.38. The van der Waals surface area contributed by atoms with Crippen molar-refractivity contribution in [2.75, 3.05) is 25.1 Å². The zero-order valence-electron chi connectivity index (χ0n) is 16.4. The number of fused-ring (bicyclic) bond motifs is 2. The number of H-pyrrole nitrogens is 1. The maximum atomic E-state index is 12.3. The normalized spacial score (nSPS) is 18.2. The van der Waals surface area contributed by atoms with E-state index in [9.17, 15) is 4.21 Å². The second kappa shape index (κ2) is 6.93. The molecule has 5 heterocycles. The van der Waals surface area contributed by atoms with E-state index in [1.807, 2.05) is 21.1 Å². The fourth-order valence-corrected chi connectivity index (χ4v) is 5.32. The average Bonchev–Trinajstić information content (AvgIpc) is 3.27. The first kappa shape index (κ1) is 19.3. The van der Waals surface area contributed by atoms with Gasteiger partial charge in [-0.25, -0.2) is 23.9 Å². The molecular weight excluding hydrogens is 424 g/mol. The van der Waals surface area contributed by atoms with Crippen molar-refractivity contribution in [2.45, 2.75) is 18.9 Å². The van der Waals surface area contributed by atoms with Crippen LogP contribution in [0.25, 0.3) is 33.5 Å². The summed E-state index contributed by atoms with van der Waals surface area (Å²) in [6, 6.07) is 3.83. The van der Waals surface area contributed by atoms with E-state index in [0.29, 0.717) is 52.0 Å². The second-order valence-electron chi connectivity index (χ2n) is 7.58. The minimum absolute atomic E-state index is 0.0924. The van der Waals surface area contributed by atoms with Gasteiger partial charge >= 0.3 is 0 Å². The van der Waals surface area contributed by atoms with Crippen LogP contribution in [-0.4, -0.2) is 63.4 Å². The third-order valence-corrected chi connectivity index (χ3v) is 7.43. The van der Waals surface area contributed by atoms with Gasteiger partial charge in [0, 0.05) is 40.6 Å². The van der Waals surface area contributed by atoms with E-state index in [4.69, 9.17) is 22.4 Å². The Morgan fingerprint density at radius 1 is 1.30 bits per heavy atom. The first-order chi connectivity index (χ1) is 14.3. The summed E-state index contributed by atoms with van der Waals surface area (Å²) in [4.78, 5) is 16.2. The van der Waals surface area contributed by atoms with Gasteiger partial charge in [-0.3, -0.25) is 4.21 Å². The molecule has 5 rings (SSSR count). The zero-order chi connectivity index (χ0) is 21.0. The highest BCUT2D eigenvalue weighted by molar-refractivity contribution is 7.97. The highest BCUT2D eigenvalue weighted by atomic mass is 35.5. The molecule has 0 aromatic carbocycles. The molecule has 4 aromatic heterocycles. The number of halogens is 1. The van der Waals surface area contributed by atoms with Crippen LogP contribution in [0.3, 0.4) is 0 Å². The fourth-order valence-electron chi connectivity index (χ4n) is 4.05. The molecule has 1 aliphatic rings. The molecule has 0 spiro atoms. The van der Waals surface area contributed by atoms with E-state index >= 15 is 0 Å². The van der Waals surface area contributed by atoms with E-state index in [2.05, 4.69) is 25.8 Å². The van der Waals surface area contributed by atoms with Crippen LogP contribution in [0.4, 0.5) is 5.82 Å². The quantitative estimate of drug-likeness (QED) is 0.468. The lowest BCUT2D eigenvalue weighted by Gasteiger charge is -2.32. The third kappa shape index (κ3) is 3.03. The number of nitrogens with two attached hydrogens (primary N) is 1. The van der Waals surface area contributed by atoms with Crippen molar-refractivity contribution >= 4 is 55.1 Å². The highest BCUT2D eigenvalue weighted by Crippen LogP contribution is 2.39. The third-order valence-electron chi connectivity index (χ3n) is 5.58. The number of hydrogen-bond donors (Lipinski definition) is 2. The van der Waals surface area contributed by atoms with Gasteiger partial charge in [-0.2, -0.15) is 5.10 Å². The Hall–Kier alpha value is -2.69. The zero-order valence-corrected chi connectivity index (χ0v) is 17.9. The van der Waals surface area contributed by atoms with Crippen molar-refractivity contribution in [1.29, 1.82) is 0 Å². The molecule has 0 saturated carbocycles. The van der Waals surface area contributed by atoms with Crippen molar-refractivity contribution in [2.24, 2.45) is 0 Å². The molecule has 1 unspecified atom stereocenters. The van der Waals surface area contributed by atoms with E-state index in [-0.39, 0.29) is 6.04 Å². The number of piperidine rings is 1. The van der Waals surface area contributed by atoms with Crippen LogP contribution >= 0.6 is 11.6 Å². The summed E-state index contributed by atoms with van der Waals surface area (Å²) < 4.78 is 16.1. The Morgan fingerprint density at radius 2 is 2.07 bits per heavy atom. The molecular formula is C19H21ClN8OS. The molecule has 1 fully saturated rings. The molecule has 0 bridgehead atoms. The van der Waals surface area contributed by atoms with Crippen LogP contribution in [0.5, 0.6) is 0 Å². The van der Waals surface area contributed by atoms with E-state index in [1.54, 1.807) is 12.5 Å². The second-order valence-corrected chi connectivity index (χ2v) is 10.4. The maximum absolute atomic E-state index is 12.3. The van der Waals surface area contributed by atoms with Crippen LogP contribution in [0, 0.1) is 0 Å². The van der Waals surface area contributed by atoms with Gasteiger partial charge in [0.15, 0.2) is 5.65 Å². The Labute approximate surface area is 178 Å². The standard InChI is InChI=1S/C19H21ClN8OS/c1-30(2,29)27-8-5-11(6-9-27)28-19-13(17(21)23-10-24-19)15(26-28)16-14(20)12-4-3-7-22-18(12)25-16/h3-4,7,10-11H,1,5-6,8-9H2,2H3,(H,22,25)(H2,21,23,24). The Bertz CT molecular complexity index is 1370. The molecule has 3 N–H and O–H groups in total. The summed E-state index contributed by atoms with van der Waals surface area (Å²) in [7, 11) is -2.21. The van der Waals surface area contributed by atoms with Crippen molar-refractivity contribution in [3.05, 3.63) is 29.7 Å². The number of nitrogens with one attached hydrogen (secondary N) is 1. The van der Waals surface area contributed by atoms with Gasteiger partial charge in [-0.1, -0.05) is 11.6 Å². The van der Waals surface area contributed by atoms with Crippen LogP contribution in [-0.2, 0) is 9.71 Å². The number of nitrogens with zero attached hydrogens (tertiary/aromatic N) is 6. The van der Waals surface area contributed by atoms with Crippen molar-refractivity contribution in [3.63, 3.8) is 0 Å². The van der Waals surface area contributed by atoms with Crippen LogP contribution in [0.2, 0.25) is 5.02 Å². The summed E-state index contributed by atoms with van der Waals surface area (Å²) in [5, 5.41) is 6.88. The number of anilines is 1. The number of pyridine rings is 1. The number of rotatable bonds is 3. The lowest BCUT2D eigenvalue weighted by atomic mass is 10.1. The summed E-state index contributed by atoms with van der Waals surface area (Å²) in [6.45, 7) is 1.36. The Morgan fingerprint density at radius 3 is 2.77 bits per heavy atom. The van der Waals surface area contributed by atoms with E-state index in [0.717, 1.165) is 18.2 Å². The van der Waals surface area contributed by atoms with E-state index < -0.39 is 9.71 Å². The van der Waals surface area contributed by atoms with Gasteiger partial charge in [0.2, 0.25) is 0 Å². The Kier molecular flexibility index (Phi) is 4.46. The summed E-state index contributed by atoms with van der Waals surface area (Å²) >= 11 is 6.66. The fraction of sp³-hybridized carbons (Fsp3) is 0.316. The van der Waals surface area contributed by atoms with Crippen molar-refractivity contribution in [1.82, 2.24) is 34.0 Å². The smallest absolute Gasteiger partial charge is 0.164 e. The van der Waals surface area contributed by atoms with Crippen molar-refractivity contribution in [3.8, 4) is 11.4 Å². The molecule has 30 heavy (non-hydrogen) atoms. The molecule has 0 amide bonds. The average molecular weight is 445 g/mol. The van der Waals surface area contributed by atoms with Gasteiger partial charge < -0.3 is 10.7 Å². The number of aromatic amines is 1. The van der Waals surface area contributed by atoms with Crippen LogP contribution < -0.4 is 5.73 Å². The van der Waals surface area contributed by atoms with Gasteiger partial charge in [0.05, 0.1) is 22.1 Å². The summed E-state index contributed by atoms with van der Waals surface area (Å²) in [5.74, 6) is 4.14.